The van der Waals surface area contributed by atoms with E-state index in [9.17, 15) is 9.35 Å². The fraction of sp³-hybridized carbons (Fsp3) is 0.136. The van der Waals surface area contributed by atoms with Gasteiger partial charge in [-0.15, -0.1) is 0 Å². The summed E-state index contributed by atoms with van der Waals surface area (Å²) in [5, 5.41) is 0.0579. The first-order valence-electron chi connectivity index (χ1n) is 8.49. The first-order valence-corrected chi connectivity index (χ1v) is 10.3. The number of ether oxygens (including phenoxy) is 1. The number of alkyl halides is 1. The minimum Gasteiger partial charge on any atom is -0.610 e. The average Bonchev–Trinajstić information content (AvgIpc) is 2.73. The van der Waals surface area contributed by atoms with Crippen LogP contribution in [-0.4, -0.2) is 15.7 Å². The Kier molecular flexibility index (Phi) is 6.93. The van der Waals surface area contributed by atoms with E-state index in [-0.39, 0.29) is 24.2 Å². The summed E-state index contributed by atoms with van der Waals surface area (Å²) in [6.07, 6.45) is 0.211. The third kappa shape index (κ3) is 5.36. The molecule has 0 radical (unpaired) electrons. The summed E-state index contributed by atoms with van der Waals surface area (Å²) in [5.41, 5.74) is 3.65. The Hall–Kier alpha value is -2.27. The quantitative estimate of drug-likeness (QED) is 0.321. The fourth-order valence-corrected chi connectivity index (χ4v) is 3.85. The molecule has 3 aromatic rings. The van der Waals surface area contributed by atoms with E-state index in [0.29, 0.717) is 4.90 Å². The number of carbonyl (C=O) groups excluding carboxylic acids is 1. The minimum absolute atomic E-state index is 0.0579. The van der Waals surface area contributed by atoms with Gasteiger partial charge in [0.05, 0.1) is 6.42 Å². The lowest BCUT2D eigenvalue weighted by Gasteiger charge is -2.12. The summed E-state index contributed by atoms with van der Waals surface area (Å²) in [6, 6.07) is 24.7. The first kappa shape index (κ1) is 19.5. The third-order valence-electron chi connectivity index (χ3n) is 4.09. The van der Waals surface area contributed by atoms with Crippen molar-refractivity contribution in [2.45, 2.75) is 17.9 Å². The molecule has 27 heavy (non-hydrogen) atoms. The highest BCUT2D eigenvalue weighted by Gasteiger charge is 2.16. The molecule has 3 rings (SSSR count). The van der Waals surface area contributed by atoms with Gasteiger partial charge in [0.15, 0.2) is 10.1 Å². The van der Waals surface area contributed by atoms with Crippen molar-refractivity contribution in [1.29, 1.82) is 0 Å². The molecule has 5 heteroatoms. The first-order chi connectivity index (χ1) is 13.2. The second-order valence-electron chi connectivity index (χ2n) is 5.97. The summed E-state index contributed by atoms with van der Waals surface area (Å²) in [5.74, 6) is -0.268. The molecular formula is C22H19ClO3S. The van der Waals surface area contributed by atoms with E-state index in [2.05, 4.69) is 0 Å². The SMILES string of the molecule is O=C(Cc1ccc(-c2ccccc2[S+]([O-])CCl)cc1)OCc1ccccc1. The number of rotatable bonds is 7. The van der Waals surface area contributed by atoms with Crippen LogP contribution in [0.2, 0.25) is 0 Å². The number of hydrogen-bond acceptors (Lipinski definition) is 3. The zero-order chi connectivity index (χ0) is 19.1. The second kappa shape index (κ2) is 9.60. The molecule has 0 saturated heterocycles. The van der Waals surface area contributed by atoms with Crippen molar-refractivity contribution in [3.63, 3.8) is 0 Å². The molecule has 138 valence electrons. The van der Waals surface area contributed by atoms with Gasteiger partial charge in [0.1, 0.15) is 6.61 Å². The molecule has 1 atom stereocenters. The average molecular weight is 399 g/mol. The van der Waals surface area contributed by atoms with E-state index in [1.807, 2.05) is 78.9 Å². The Morgan fingerprint density at radius 3 is 2.26 bits per heavy atom. The van der Waals surface area contributed by atoms with E-state index in [4.69, 9.17) is 16.3 Å². The van der Waals surface area contributed by atoms with Crippen LogP contribution in [0.4, 0.5) is 0 Å². The molecule has 3 nitrogen and oxygen atoms in total. The molecule has 0 aliphatic heterocycles. The summed E-state index contributed by atoms with van der Waals surface area (Å²) in [7, 11) is 0. The van der Waals surface area contributed by atoms with Gasteiger partial charge in [-0.2, -0.15) is 0 Å². The highest BCUT2D eigenvalue weighted by atomic mass is 35.5. The van der Waals surface area contributed by atoms with Crippen LogP contribution in [0.1, 0.15) is 11.1 Å². The van der Waals surface area contributed by atoms with Crippen molar-refractivity contribution >= 4 is 28.7 Å². The van der Waals surface area contributed by atoms with Gasteiger partial charge < -0.3 is 9.29 Å². The van der Waals surface area contributed by atoms with E-state index >= 15 is 0 Å². The Bertz CT molecular complexity index is 882. The Morgan fingerprint density at radius 2 is 1.56 bits per heavy atom. The van der Waals surface area contributed by atoms with Crippen LogP contribution < -0.4 is 0 Å². The predicted octanol–water partition coefficient (Wildman–Crippen LogP) is 4.94. The largest absolute Gasteiger partial charge is 0.610 e. The van der Waals surface area contributed by atoms with Crippen LogP contribution in [0.15, 0.2) is 83.8 Å². The molecule has 0 spiro atoms. The second-order valence-corrected chi connectivity index (χ2v) is 7.97. The topological polar surface area (TPSA) is 49.4 Å². The highest BCUT2D eigenvalue weighted by Crippen LogP contribution is 2.28. The Morgan fingerprint density at radius 1 is 0.889 bits per heavy atom. The van der Waals surface area contributed by atoms with Crippen molar-refractivity contribution < 1.29 is 14.1 Å². The summed E-state index contributed by atoms with van der Waals surface area (Å²) >= 11 is 4.50. The Balaban J connectivity index is 1.65. The standard InChI is InChI=1S/C22H19ClO3S/c23-16-27(25)21-9-5-4-8-20(21)19-12-10-17(11-13-19)14-22(24)26-15-18-6-2-1-3-7-18/h1-13H,14-16H2. The maximum Gasteiger partial charge on any atom is 0.310 e. The number of esters is 1. The van der Waals surface area contributed by atoms with Gasteiger partial charge in [0.25, 0.3) is 0 Å². The molecule has 0 aromatic heterocycles. The number of halogens is 1. The normalized spacial score (nSPS) is 11.8. The fourth-order valence-electron chi connectivity index (χ4n) is 2.72. The molecule has 3 aromatic carbocycles. The number of carbonyl (C=O) groups is 1. The Labute approximate surface area is 167 Å². The van der Waals surface area contributed by atoms with E-state index in [0.717, 1.165) is 22.3 Å². The van der Waals surface area contributed by atoms with Crippen LogP contribution in [0.25, 0.3) is 11.1 Å². The lowest BCUT2D eigenvalue weighted by atomic mass is 10.0. The zero-order valence-electron chi connectivity index (χ0n) is 14.6. The molecule has 0 N–H and O–H groups in total. The monoisotopic (exact) mass is 398 g/mol. The van der Waals surface area contributed by atoms with Gasteiger partial charge in [-0.3, -0.25) is 4.79 Å². The molecule has 1 unspecified atom stereocenters. The summed E-state index contributed by atoms with van der Waals surface area (Å²) in [4.78, 5) is 12.8. The van der Waals surface area contributed by atoms with E-state index in [1.165, 1.54) is 0 Å². The van der Waals surface area contributed by atoms with Gasteiger partial charge in [-0.1, -0.05) is 78.3 Å². The van der Waals surface area contributed by atoms with Crippen LogP contribution in [-0.2, 0) is 33.7 Å². The summed E-state index contributed by atoms with van der Waals surface area (Å²) in [6.45, 7) is 0.273. The van der Waals surface area contributed by atoms with Crippen LogP contribution >= 0.6 is 11.6 Å². The number of benzene rings is 3. The van der Waals surface area contributed by atoms with Crippen molar-refractivity contribution in [1.82, 2.24) is 0 Å². The van der Waals surface area contributed by atoms with Gasteiger partial charge in [0.2, 0.25) is 0 Å². The highest BCUT2D eigenvalue weighted by molar-refractivity contribution is 7.92. The molecule has 0 heterocycles. The zero-order valence-corrected chi connectivity index (χ0v) is 16.2. The lowest BCUT2D eigenvalue weighted by Crippen LogP contribution is -2.08. The maximum absolute atomic E-state index is 12.1. The van der Waals surface area contributed by atoms with Gasteiger partial charge >= 0.3 is 5.97 Å². The summed E-state index contributed by atoms with van der Waals surface area (Å²) < 4.78 is 17.4. The van der Waals surface area contributed by atoms with E-state index in [1.54, 1.807) is 0 Å². The molecular weight excluding hydrogens is 380 g/mol. The maximum atomic E-state index is 12.1. The van der Waals surface area contributed by atoms with Crippen molar-refractivity contribution in [3.8, 4) is 11.1 Å². The van der Waals surface area contributed by atoms with Crippen LogP contribution in [0, 0.1) is 0 Å². The minimum atomic E-state index is -1.25. The number of hydrogen-bond donors (Lipinski definition) is 0. The van der Waals surface area contributed by atoms with Gasteiger partial charge in [-0.25, -0.2) is 0 Å². The van der Waals surface area contributed by atoms with Crippen molar-refractivity contribution in [2.24, 2.45) is 0 Å². The van der Waals surface area contributed by atoms with Gasteiger partial charge in [-0.05, 0) is 28.8 Å². The molecule has 0 amide bonds. The third-order valence-corrected chi connectivity index (χ3v) is 5.73. The molecule has 0 saturated carbocycles. The van der Waals surface area contributed by atoms with Gasteiger partial charge in [0, 0.05) is 16.7 Å². The molecule has 0 bridgehead atoms. The molecule has 0 aliphatic rings. The molecule has 0 aliphatic carbocycles. The van der Waals surface area contributed by atoms with Crippen LogP contribution in [0.5, 0.6) is 0 Å². The van der Waals surface area contributed by atoms with Crippen molar-refractivity contribution in [2.75, 3.05) is 5.21 Å². The smallest absolute Gasteiger partial charge is 0.310 e. The van der Waals surface area contributed by atoms with Crippen molar-refractivity contribution in [3.05, 3.63) is 90.0 Å². The lowest BCUT2D eigenvalue weighted by molar-refractivity contribution is -0.144. The molecule has 0 fully saturated rings. The predicted molar refractivity (Wildman–Crippen MR) is 109 cm³/mol. The van der Waals surface area contributed by atoms with Crippen LogP contribution in [0.3, 0.4) is 0 Å². The van der Waals surface area contributed by atoms with E-state index < -0.39 is 11.2 Å².